The Morgan fingerprint density at radius 3 is 2.65 bits per heavy atom. The maximum absolute atomic E-state index is 11.0. The Morgan fingerprint density at radius 1 is 1.53 bits per heavy atom. The molecule has 1 heterocycles. The highest BCUT2D eigenvalue weighted by Crippen LogP contribution is 2.28. The largest absolute Gasteiger partial charge is 0.364 e. The van der Waals surface area contributed by atoms with Crippen molar-refractivity contribution >= 4 is 11.5 Å². The predicted octanol–water partition coefficient (Wildman–Crippen LogP) is 2.35. The third kappa shape index (κ3) is 2.95. The first-order valence-corrected chi connectivity index (χ1v) is 5.95. The van der Waals surface area contributed by atoms with Gasteiger partial charge in [-0.15, -0.1) is 0 Å². The normalized spacial score (nSPS) is 12.5. The highest BCUT2D eigenvalue weighted by molar-refractivity contribution is 5.59. The Balaban J connectivity index is 2.97. The predicted molar refractivity (Wildman–Crippen MR) is 67.2 cm³/mol. The van der Waals surface area contributed by atoms with Gasteiger partial charge in [-0.2, -0.15) is 5.10 Å². The van der Waals surface area contributed by atoms with Crippen LogP contribution in [0.1, 0.15) is 32.9 Å². The highest BCUT2D eigenvalue weighted by Gasteiger charge is 2.25. The van der Waals surface area contributed by atoms with Gasteiger partial charge >= 0.3 is 5.69 Å². The van der Waals surface area contributed by atoms with Crippen molar-refractivity contribution < 1.29 is 4.92 Å². The molecule has 0 aliphatic carbocycles. The minimum absolute atomic E-state index is 0.110. The molecular formula is C11H20N4O2. The Labute approximate surface area is 101 Å². The van der Waals surface area contributed by atoms with E-state index in [4.69, 9.17) is 0 Å². The van der Waals surface area contributed by atoms with Gasteiger partial charge in [-0.1, -0.05) is 27.2 Å². The Bertz CT molecular complexity index is 400. The second kappa shape index (κ2) is 5.65. The van der Waals surface area contributed by atoms with Crippen LogP contribution >= 0.6 is 0 Å². The molecule has 1 atom stereocenters. The van der Waals surface area contributed by atoms with Gasteiger partial charge in [0.1, 0.15) is 5.69 Å². The van der Waals surface area contributed by atoms with Gasteiger partial charge < -0.3 is 5.32 Å². The number of hydrogen-bond acceptors (Lipinski definition) is 4. The minimum Gasteiger partial charge on any atom is -0.364 e. The number of nitrogens with one attached hydrogen (secondary N) is 1. The number of hydrogen-bond donors (Lipinski definition) is 1. The van der Waals surface area contributed by atoms with Gasteiger partial charge in [0, 0.05) is 13.6 Å². The molecule has 6 nitrogen and oxygen atoms in total. The summed E-state index contributed by atoms with van der Waals surface area (Å²) >= 11 is 0. The van der Waals surface area contributed by atoms with Gasteiger partial charge in [0.05, 0.1) is 4.92 Å². The fraction of sp³-hybridized carbons (Fsp3) is 0.727. The van der Waals surface area contributed by atoms with Crippen LogP contribution in [0.4, 0.5) is 11.5 Å². The molecule has 0 bridgehead atoms. The van der Waals surface area contributed by atoms with Gasteiger partial charge in [0.15, 0.2) is 0 Å². The molecule has 0 fully saturated rings. The molecule has 96 valence electrons. The molecule has 1 N–H and O–H groups in total. The summed E-state index contributed by atoms with van der Waals surface area (Å²) in [6, 6.07) is 0. The van der Waals surface area contributed by atoms with Gasteiger partial charge in [0.25, 0.3) is 0 Å². The molecule has 0 saturated heterocycles. The summed E-state index contributed by atoms with van der Waals surface area (Å²) < 4.78 is 1.55. The summed E-state index contributed by atoms with van der Waals surface area (Å²) in [4.78, 5) is 10.7. The summed E-state index contributed by atoms with van der Waals surface area (Å²) in [5.74, 6) is 0.988. The zero-order valence-electron chi connectivity index (χ0n) is 10.9. The summed E-state index contributed by atoms with van der Waals surface area (Å²) in [7, 11) is 1.73. The third-order valence-electron chi connectivity index (χ3n) is 2.92. The van der Waals surface area contributed by atoms with Crippen molar-refractivity contribution in [3.05, 3.63) is 15.8 Å². The average molecular weight is 240 g/mol. The molecule has 17 heavy (non-hydrogen) atoms. The molecule has 1 aromatic heterocycles. The summed E-state index contributed by atoms with van der Waals surface area (Å²) in [6.45, 7) is 6.80. The van der Waals surface area contributed by atoms with Crippen LogP contribution in [0.5, 0.6) is 0 Å². The van der Waals surface area contributed by atoms with Crippen LogP contribution in [-0.2, 0) is 13.5 Å². The van der Waals surface area contributed by atoms with Crippen LogP contribution < -0.4 is 5.32 Å². The lowest BCUT2D eigenvalue weighted by molar-refractivity contribution is -0.384. The van der Waals surface area contributed by atoms with Crippen LogP contribution in [-0.4, -0.2) is 21.2 Å². The van der Waals surface area contributed by atoms with Gasteiger partial charge in [-0.3, -0.25) is 10.1 Å². The van der Waals surface area contributed by atoms with Crippen LogP contribution in [0.2, 0.25) is 0 Å². The number of nitrogens with zero attached hydrogens (tertiary/aromatic N) is 3. The second-order valence-electron chi connectivity index (χ2n) is 4.27. The monoisotopic (exact) mass is 240 g/mol. The van der Waals surface area contributed by atoms with E-state index in [1.807, 2.05) is 6.92 Å². The Kier molecular flexibility index (Phi) is 4.48. The van der Waals surface area contributed by atoms with Crippen molar-refractivity contribution in [1.29, 1.82) is 0 Å². The second-order valence-corrected chi connectivity index (χ2v) is 4.27. The number of anilines is 1. The molecule has 0 radical (unpaired) electrons. The van der Waals surface area contributed by atoms with Crippen molar-refractivity contribution in [2.45, 2.75) is 33.6 Å². The maximum atomic E-state index is 11.0. The molecule has 0 amide bonds. The Hall–Kier alpha value is -1.59. The fourth-order valence-electron chi connectivity index (χ4n) is 1.61. The third-order valence-corrected chi connectivity index (χ3v) is 2.92. The number of nitro groups is 1. The van der Waals surface area contributed by atoms with E-state index in [1.165, 1.54) is 0 Å². The number of rotatable bonds is 6. The molecule has 6 heteroatoms. The average Bonchev–Trinajstić information content (AvgIpc) is 2.62. The standard InChI is InChI=1S/C11H20N4O2/c1-5-8(3)7-12-11-10(15(16)17)9(6-2)13-14(11)4/h8,12H,5-7H2,1-4H3. The topological polar surface area (TPSA) is 73.0 Å². The lowest BCUT2D eigenvalue weighted by Crippen LogP contribution is -2.13. The van der Waals surface area contributed by atoms with Crippen molar-refractivity contribution in [3.63, 3.8) is 0 Å². The maximum Gasteiger partial charge on any atom is 0.333 e. The molecule has 0 saturated carbocycles. The van der Waals surface area contributed by atoms with E-state index < -0.39 is 0 Å². The van der Waals surface area contributed by atoms with Gasteiger partial charge in [0.2, 0.25) is 5.82 Å². The molecule has 0 spiro atoms. The first-order chi connectivity index (χ1) is 8.01. The fourth-order valence-corrected chi connectivity index (χ4v) is 1.61. The quantitative estimate of drug-likeness (QED) is 0.612. The van der Waals surface area contributed by atoms with E-state index in [0.717, 1.165) is 13.0 Å². The molecule has 1 aromatic rings. The van der Waals surface area contributed by atoms with Gasteiger partial charge in [-0.05, 0) is 12.3 Å². The van der Waals surface area contributed by atoms with Crippen LogP contribution in [0.3, 0.4) is 0 Å². The summed E-state index contributed by atoms with van der Waals surface area (Å²) in [5.41, 5.74) is 0.641. The molecule has 1 rings (SSSR count). The van der Waals surface area contributed by atoms with Crippen molar-refractivity contribution in [1.82, 2.24) is 9.78 Å². The molecule has 0 aromatic carbocycles. The number of aryl methyl sites for hydroxylation is 2. The zero-order valence-corrected chi connectivity index (χ0v) is 10.9. The highest BCUT2D eigenvalue weighted by atomic mass is 16.6. The molecular weight excluding hydrogens is 220 g/mol. The van der Waals surface area contributed by atoms with Crippen LogP contribution in [0.25, 0.3) is 0 Å². The van der Waals surface area contributed by atoms with E-state index in [-0.39, 0.29) is 10.6 Å². The Morgan fingerprint density at radius 2 is 2.18 bits per heavy atom. The zero-order chi connectivity index (χ0) is 13.0. The summed E-state index contributed by atoms with van der Waals surface area (Å²) in [5, 5.41) is 18.3. The number of aromatic nitrogens is 2. The first-order valence-electron chi connectivity index (χ1n) is 5.95. The molecule has 1 unspecified atom stereocenters. The molecule has 0 aliphatic rings. The lowest BCUT2D eigenvalue weighted by Gasteiger charge is -2.10. The van der Waals surface area contributed by atoms with E-state index in [0.29, 0.717) is 23.9 Å². The minimum atomic E-state index is -0.356. The first kappa shape index (κ1) is 13.5. The van der Waals surface area contributed by atoms with Crippen molar-refractivity contribution in [2.24, 2.45) is 13.0 Å². The van der Waals surface area contributed by atoms with Crippen LogP contribution in [0.15, 0.2) is 0 Å². The van der Waals surface area contributed by atoms with Gasteiger partial charge in [-0.25, -0.2) is 4.68 Å². The van der Waals surface area contributed by atoms with E-state index >= 15 is 0 Å². The van der Waals surface area contributed by atoms with Crippen LogP contribution in [0, 0.1) is 16.0 Å². The van der Waals surface area contributed by atoms with E-state index in [2.05, 4.69) is 24.3 Å². The summed E-state index contributed by atoms with van der Waals surface area (Å²) in [6.07, 6.45) is 1.61. The SMILES string of the molecule is CCc1nn(C)c(NCC(C)CC)c1[N+](=O)[O-]. The molecule has 0 aliphatic heterocycles. The smallest absolute Gasteiger partial charge is 0.333 e. The van der Waals surface area contributed by atoms with E-state index in [1.54, 1.807) is 11.7 Å². The van der Waals surface area contributed by atoms with Crippen molar-refractivity contribution in [3.8, 4) is 0 Å². The van der Waals surface area contributed by atoms with Crippen molar-refractivity contribution in [2.75, 3.05) is 11.9 Å². The lowest BCUT2D eigenvalue weighted by atomic mass is 10.1. The van der Waals surface area contributed by atoms with E-state index in [9.17, 15) is 10.1 Å².